The van der Waals surface area contributed by atoms with E-state index in [2.05, 4.69) is 35.6 Å². The topological polar surface area (TPSA) is 102 Å². The van der Waals surface area contributed by atoms with Gasteiger partial charge < -0.3 is 15.1 Å². The smallest absolute Gasteiger partial charge is 0.196 e. The molecule has 0 fully saturated rings. The van der Waals surface area contributed by atoms with Gasteiger partial charge >= 0.3 is 0 Å². The first-order valence-corrected chi connectivity index (χ1v) is 11.1. The Morgan fingerprint density at radius 3 is 2.78 bits per heavy atom. The molecule has 0 atom stereocenters. The molecule has 162 valence electrons. The van der Waals surface area contributed by atoms with Crippen molar-refractivity contribution in [2.45, 2.75) is 19.4 Å². The summed E-state index contributed by atoms with van der Waals surface area (Å²) in [5.74, 6) is 0.952. The monoisotopic (exact) mass is 449 g/mol. The molecule has 10 heteroatoms. The van der Waals surface area contributed by atoms with Gasteiger partial charge in [0.05, 0.1) is 17.2 Å². The first-order chi connectivity index (χ1) is 15.8. The molecule has 2 N–H and O–H groups in total. The number of benzene rings is 1. The molecular formula is C22H20FN7OS. The zero-order valence-corrected chi connectivity index (χ0v) is 17.9. The molecule has 5 rings (SSSR count). The summed E-state index contributed by atoms with van der Waals surface area (Å²) in [4.78, 5) is 22.6. The van der Waals surface area contributed by atoms with E-state index in [-0.39, 0.29) is 12.4 Å². The van der Waals surface area contributed by atoms with E-state index < -0.39 is 0 Å². The molecule has 4 aromatic heterocycles. The van der Waals surface area contributed by atoms with Gasteiger partial charge in [-0.05, 0) is 24.3 Å². The predicted molar refractivity (Wildman–Crippen MR) is 121 cm³/mol. The van der Waals surface area contributed by atoms with Gasteiger partial charge in [-0.1, -0.05) is 23.5 Å². The number of para-hydroxylation sites is 2. The molecule has 4 heterocycles. The molecular weight excluding hydrogens is 429 g/mol. The largest absolute Gasteiger partial charge is 0.441 e. The summed E-state index contributed by atoms with van der Waals surface area (Å²) < 4.78 is 19.5. The maximum absolute atomic E-state index is 13.8. The zero-order chi connectivity index (χ0) is 21.8. The second-order valence-corrected chi connectivity index (χ2v) is 8.16. The van der Waals surface area contributed by atoms with Gasteiger partial charge in [-0.2, -0.15) is 0 Å². The SMILES string of the molecule is Fc1cccnc1CNc1ncnc2sc(CCNCCc3nc4ccccc4o3)nc12. The van der Waals surface area contributed by atoms with Gasteiger partial charge in [0.2, 0.25) is 0 Å². The van der Waals surface area contributed by atoms with Crippen LogP contribution in [0.15, 0.2) is 53.3 Å². The number of oxazole rings is 1. The molecule has 5 aromatic rings. The number of anilines is 1. The minimum atomic E-state index is -0.354. The van der Waals surface area contributed by atoms with Crippen LogP contribution in [0.25, 0.3) is 21.4 Å². The number of nitrogens with zero attached hydrogens (tertiary/aromatic N) is 5. The van der Waals surface area contributed by atoms with Gasteiger partial charge in [0.15, 0.2) is 17.3 Å². The lowest BCUT2D eigenvalue weighted by atomic mass is 10.3. The lowest BCUT2D eigenvalue weighted by Crippen LogP contribution is -2.20. The van der Waals surface area contributed by atoms with Crippen LogP contribution in [0.3, 0.4) is 0 Å². The number of pyridine rings is 1. The third-order valence-corrected chi connectivity index (χ3v) is 5.89. The number of fused-ring (bicyclic) bond motifs is 2. The number of aromatic nitrogens is 5. The van der Waals surface area contributed by atoms with Crippen molar-refractivity contribution in [2.24, 2.45) is 0 Å². The number of thiazole rings is 1. The Hall–Kier alpha value is -3.50. The second kappa shape index (κ2) is 9.33. The molecule has 0 saturated heterocycles. The fraction of sp³-hybridized carbons (Fsp3) is 0.227. The Bertz CT molecular complexity index is 1320. The van der Waals surface area contributed by atoms with Crippen LogP contribution in [0.5, 0.6) is 0 Å². The average molecular weight is 450 g/mol. The molecule has 1 aromatic carbocycles. The third kappa shape index (κ3) is 4.56. The van der Waals surface area contributed by atoms with Crippen molar-refractivity contribution >= 4 is 38.6 Å². The third-order valence-electron chi connectivity index (χ3n) is 4.87. The Balaban J connectivity index is 1.15. The Morgan fingerprint density at radius 2 is 1.88 bits per heavy atom. The maximum Gasteiger partial charge on any atom is 0.196 e. The van der Waals surface area contributed by atoms with Crippen LogP contribution in [-0.2, 0) is 19.4 Å². The van der Waals surface area contributed by atoms with Crippen molar-refractivity contribution in [1.82, 2.24) is 30.2 Å². The van der Waals surface area contributed by atoms with Crippen LogP contribution >= 0.6 is 11.3 Å². The highest BCUT2D eigenvalue weighted by Crippen LogP contribution is 2.25. The summed E-state index contributed by atoms with van der Waals surface area (Å²) in [7, 11) is 0. The highest BCUT2D eigenvalue weighted by Gasteiger charge is 2.12. The van der Waals surface area contributed by atoms with Crippen LogP contribution in [0, 0.1) is 5.82 Å². The van der Waals surface area contributed by atoms with Gasteiger partial charge in [-0.3, -0.25) is 4.98 Å². The fourth-order valence-electron chi connectivity index (χ4n) is 3.29. The van der Waals surface area contributed by atoms with Gasteiger partial charge in [-0.15, -0.1) is 0 Å². The first kappa shape index (κ1) is 20.4. The Morgan fingerprint density at radius 1 is 0.969 bits per heavy atom. The first-order valence-electron chi connectivity index (χ1n) is 10.2. The summed E-state index contributed by atoms with van der Waals surface area (Å²) in [6, 6.07) is 10.7. The molecule has 0 spiro atoms. The minimum Gasteiger partial charge on any atom is -0.441 e. The van der Waals surface area contributed by atoms with E-state index in [9.17, 15) is 4.39 Å². The van der Waals surface area contributed by atoms with E-state index in [1.165, 1.54) is 23.7 Å². The molecule has 32 heavy (non-hydrogen) atoms. The van der Waals surface area contributed by atoms with E-state index in [1.54, 1.807) is 12.3 Å². The van der Waals surface area contributed by atoms with Crippen molar-refractivity contribution in [1.29, 1.82) is 0 Å². The quantitative estimate of drug-likeness (QED) is 0.328. The van der Waals surface area contributed by atoms with Crippen molar-refractivity contribution in [2.75, 3.05) is 18.4 Å². The van der Waals surface area contributed by atoms with Crippen LogP contribution < -0.4 is 10.6 Å². The summed E-state index contributed by atoms with van der Waals surface area (Å²) >= 11 is 1.53. The van der Waals surface area contributed by atoms with Crippen LogP contribution in [0.2, 0.25) is 0 Å². The summed E-state index contributed by atoms with van der Waals surface area (Å²) in [6.07, 6.45) is 4.54. The normalized spacial score (nSPS) is 11.4. The summed E-state index contributed by atoms with van der Waals surface area (Å²) in [6.45, 7) is 1.76. The number of hydrogen-bond donors (Lipinski definition) is 2. The van der Waals surface area contributed by atoms with E-state index in [4.69, 9.17) is 4.42 Å². The molecule has 0 aliphatic heterocycles. The molecule has 0 unspecified atom stereocenters. The van der Waals surface area contributed by atoms with E-state index in [1.807, 2.05) is 24.3 Å². The van der Waals surface area contributed by atoms with Gasteiger partial charge in [0, 0.05) is 32.1 Å². The molecule has 8 nitrogen and oxygen atoms in total. The Labute approximate surface area is 187 Å². The van der Waals surface area contributed by atoms with Gasteiger partial charge in [-0.25, -0.2) is 24.3 Å². The second-order valence-electron chi connectivity index (χ2n) is 7.09. The summed E-state index contributed by atoms with van der Waals surface area (Å²) in [5, 5.41) is 7.48. The van der Waals surface area contributed by atoms with Crippen LogP contribution in [0.1, 0.15) is 16.6 Å². The lowest BCUT2D eigenvalue weighted by Gasteiger charge is -2.05. The van der Waals surface area contributed by atoms with Crippen LogP contribution in [-0.4, -0.2) is 38.0 Å². The highest BCUT2D eigenvalue weighted by atomic mass is 32.1. The van der Waals surface area contributed by atoms with Crippen molar-refractivity contribution in [3.05, 3.63) is 71.3 Å². The van der Waals surface area contributed by atoms with E-state index in [0.717, 1.165) is 52.8 Å². The molecule has 0 bridgehead atoms. The molecule has 0 radical (unpaired) electrons. The van der Waals surface area contributed by atoms with Crippen LogP contribution in [0.4, 0.5) is 10.2 Å². The molecule has 0 aliphatic carbocycles. The Kier molecular flexibility index (Phi) is 5.95. The highest BCUT2D eigenvalue weighted by molar-refractivity contribution is 7.18. The molecule has 0 amide bonds. The predicted octanol–water partition coefficient (Wildman–Crippen LogP) is 3.75. The van der Waals surface area contributed by atoms with Gasteiger partial charge in [0.25, 0.3) is 0 Å². The molecule has 0 saturated carbocycles. The standard InChI is InChI=1S/C22H20FN7OS/c23-14-4-3-9-25-16(14)12-26-21-20-22(28-13-27-21)32-19(30-20)8-11-24-10-7-18-29-15-5-1-2-6-17(15)31-18/h1-6,9,13,24H,7-8,10-12H2,(H,26,27,28). The lowest BCUT2D eigenvalue weighted by molar-refractivity contribution is 0.515. The number of rotatable bonds is 9. The fourth-order valence-corrected chi connectivity index (χ4v) is 4.19. The van der Waals surface area contributed by atoms with E-state index >= 15 is 0 Å². The number of halogens is 1. The van der Waals surface area contributed by atoms with Crippen molar-refractivity contribution in [3.63, 3.8) is 0 Å². The van der Waals surface area contributed by atoms with Crippen molar-refractivity contribution in [3.8, 4) is 0 Å². The summed E-state index contributed by atoms with van der Waals surface area (Å²) in [5.41, 5.74) is 2.72. The average Bonchev–Trinajstić information content (AvgIpc) is 3.42. The minimum absolute atomic E-state index is 0.225. The van der Waals surface area contributed by atoms with E-state index in [0.29, 0.717) is 17.0 Å². The molecule has 0 aliphatic rings. The van der Waals surface area contributed by atoms with Gasteiger partial charge in [0.1, 0.15) is 28.0 Å². The van der Waals surface area contributed by atoms with Crippen molar-refractivity contribution < 1.29 is 8.81 Å². The maximum atomic E-state index is 13.8. The number of nitrogens with one attached hydrogen (secondary N) is 2. The zero-order valence-electron chi connectivity index (χ0n) is 17.1. The number of hydrogen-bond acceptors (Lipinski definition) is 9.